The molecule has 0 aliphatic heterocycles. The van der Waals surface area contributed by atoms with Crippen molar-refractivity contribution in [2.75, 3.05) is 13.1 Å². The fourth-order valence-electron chi connectivity index (χ4n) is 2.08. The van der Waals surface area contributed by atoms with Gasteiger partial charge >= 0.3 is 0 Å². The molecule has 1 aromatic rings. The van der Waals surface area contributed by atoms with Gasteiger partial charge < -0.3 is 5.73 Å². The Bertz CT molecular complexity index is 321. The number of rotatable bonds is 9. The monoisotopic (exact) mass is 246 g/mol. The van der Waals surface area contributed by atoms with Crippen LogP contribution in [0.3, 0.4) is 0 Å². The minimum absolute atomic E-state index is 0.197. The van der Waals surface area contributed by atoms with Gasteiger partial charge in [0.1, 0.15) is 0 Å². The van der Waals surface area contributed by atoms with Gasteiger partial charge in [-0.15, -0.1) is 6.58 Å². The van der Waals surface area contributed by atoms with E-state index in [1.807, 2.05) is 6.08 Å². The number of benzene rings is 1. The Hall–Kier alpha value is -1.12. The highest BCUT2D eigenvalue weighted by molar-refractivity contribution is 5.14. The van der Waals surface area contributed by atoms with Gasteiger partial charge in [-0.2, -0.15) is 0 Å². The lowest BCUT2D eigenvalue weighted by atomic mass is 10.1. The molecule has 0 unspecified atom stereocenters. The molecule has 1 rings (SSSR count). The first-order chi connectivity index (χ1) is 8.76. The van der Waals surface area contributed by atoms with Crippen molar-refractivity contribution >= 4 is 0 Å². The van der Waals surface area contributed by atoms with Gasteiger partial charge in [-0.05, 0) is 24.9 Å². The largest absolute Gasteiger partial charge is 0.326 e. The van der Waals surface area contributed by atoms with Crippen LogP contribution in [-0.4, -0.2) is 24.0 Å². The number of nitrogens with two attached hydrogens (primary N) is 1. The van der Waals surface area contributed by atoms with E-state index >= 15 is 0 Å². The van der Waals surface area contributed by atoms with Gasteiger partial charge in [0, 0.05) is 19.1 Å². The maximum atomic E-state index is 6.10. The van der Waals surface area contributed by atoms with Gasteiger partial charge in [0.05, 0.1) is 0 Å². The predicted molar refractivity (Wildman–Crippen MR) is 79.4 cm³/mol. The van der Waals surface area contributed by atoms with E-state index in [4.69, 9.17) is 5.73 Å². The molecule has 0 aliphatic carbocycles. The molecule has 0 amide bonds. The topological polar surface area (TPSA) is 29.3 Å². The van der Waals surface area contributed by atoms with Gasteiger partial charge in [-0.3, -0.25) is 4.90 Å². The van der Waals surface area contributed by atoms with E-state index in [1.54, 1.807) is 0 Å². The normalized spacial score (nSPS) is 12.6. The lowest BCUT2D eigenvalue weighted by Crippen LogP contribution is -2.37. The van der Waals surface area contributed by atoms with E-state index in [1.165, 1.54) is 18.4 Å². The fourth-order valence-corrected chi connectivity index (χ4v) is 2.08. The summed E-state index contributed by atoms with van der Waals surface area (Å²) in [5.41, 5.74) is 7.46. The van der Waals surface area contributed by atoms with Crippen LogP contribution >= 0.6 is 0 Å². The molecule has 2 heteroatoms. The van der Waals surface area contributed by atoms with Crippen LogP contribution in [0, 0.1) is 0 Å². The van der Waals surface area contributed by atoms with Crippen molar-refractivity contribution in [2.45, 2.75) is 38.8 Å². The molecule has 18 heavy (non-hydrogen) atoms. The molecule has 0 spiro atoms. The Balaban J connectivity index is 2.51. The second-order valence-corrected chi connectivity index (χ2v) is 4.86. The maximum Gasteiger partial charge on any atom is 0.0234 e. The zero-order valence-corrected chi connectivity index (χ0v) is 11.5. The molecule has 100 valence electrons. The van der Waals surface area contributed by atoms with Crippen LogP contribution in [0.25, 0.3) is 0 Å². The van der Waals surface area contributed by atoms with Crippen LogP contribution < -0.4 is 5.73 Å². The van der Waals surface area contributed by atoms with E-state index in [9.17, 15) is 0 Å². The Morgan fingerprint density at radius 3 is 2.67 bits per heavy atom. The smallest absolute Gasteiger partial charge is 0.0234 e. The van der Waals surface area contributed by atoms with E-state index < -0.39 is 0 Å². The first kappa shape index (κ1) is 14.9. The molecule has 0 saturated heterocycles. The third kappa shape index (κ3) is 5.99. The Morgan fingerprint density at radius 1 is 1.33 bits per heavy atom. The molecule has 0 bridgehead atoms. The van der Waals surface area contributed by atoms with Gasteiger partial charge in [0.15, 0.2) is 0 Å². The maximum absolute atomic E-state index is 6.10. The van der Waals surface area contributed by atoms with Crippen molar-refractivity contribution < 1.29 is 0 Å². The molecule has 2 N–H and O–H groups in total. The number of hydrogen-bond acceptors (Lipinski definition) is 2. The molecule has 2 nitrogen and oxygen atoms in total. The van der Waals surface area contributed by atoms with Gasteiger partial charge in [-0.25, -0.2) is 0 Å². The second kappa shape index (κ2) is 8.90. The molecular weight excluding hydrogens is 220 g/mol. The van der Waals surface area contributed by atoms with E-state index in [0.717, 1.165) is 26.1 Å². The summed E-state index contributed by atoms with van der Waals surface area (Å²) in [5, 5.41) is 0. The predicted octanol–water partition coefficient (Wildman–Crippen LogP) is 3.19. The van der Waals surface area contributed by atoms with Crippen molar-refractivity contribution in [2.24, 2.45) is 5.73 Å². The van der Waals surface area contributed by atoms with Crippen LogP contribution in [0.5, 0.6) is 0 Å². The second-order valence-electron chi connectivity index (χ2n) is 4.86. The SMILES string of the molecule is C=CC[C@@H](N)CN(CCCC)Cc1ccccc1. The van der Waals surface area contributed by atoms with Crippen molar-refractivity contribution in [3.8, 4) is 0 Å². The summed E-state index contributed by atoms with van der Waals surface area (Å²) in [7, 11) is 0. The molecule has 1 aromatic carbocycles. The Kier molecular flexibility index (Phi) is 7.38. The molecule has 0 aromatic heterocycles. The first-order valence-electron chi connectivity index (χ1n) is 6.89. The highest BCUT2D eigenvalue weighted by Gasteiger charge is 2.09. The average Bonchev–Trinajstić information content (AvgIpc) is 2.37. The minimum atomic E-state index is 0.197. The zero-order chi connectivity index (χ0) is 13.2. The summed E-state index contributed by atoms with van der Waals surface area (Å²) in [6.07, 6.45) is 5.25. The average molecular weight is 246 g/mol. The molecular formula is C16H26N2. The number of hydrogen-bond donors (Lipinski definition) is 1. The standard InChI is InChI=1S/C16H26N2/c1-3-5-12-18(14-16(17)9-4-2)13-15-10-7-6-8-11-15/h4,6-8,10-11,16H,2-3,5,9,12-14,17H2,1H3/t16-/m1/s1. The van der Waals surface area contributed by atoms with Crippen molar-refractivity contribution in [1.82, 2.24) is 4.90 Å². The highest BCUT2D eigenvalue weighted by atomic mass is 15.1. The quantitative estimate of drug-likeness (QED) is 0.678. The summed E-state index contributed by atoms with van der Waals surface area (Å²) in [4.78, 5) is 2.45. The molecule has 0 radical (unpaired) electrons. The highest BCUT2D eigenvalue weighted by Crippen LogP contribution is 2.07. The summed E-state index contributed by atoms with van der Waals surface area (Å²) in [6.45, 7) is 9.04. The van der Waals surface area contributed by atoms with Crippen LogP contribution in [0.1, 0.15) is 31.7 Å². The summed E-state index contributed by atoms with van der Waals surface area (Å²) >= 11 is 0. The van der Waals surface area contributed by atoms with Gasteiger partial charge in [-0.1, -0.05) is 49.8 Å². The Morgan fingerprint density at radius 2 is 2.06 bits per heavy atom. The van der Waals surface area contributed by atoms with Crippen LogP contribution in [-0.2, 0) is 6.54 Å². The van der Waals surface area contributed by atoms with E-state index in [0.29, 0.717) is 0 Å². The third-order valence-corrected chi connectivity index (χ3v) is 3.04. The molecule has 0 heterocycles. The van der Waals surface area contributed by atoms with Crippen molar-refractivity contribution in [1.29, 1.82) is 0 Å². The lowest BCUT2D eigenvalue weighted by molar-refractivity contribution is 0.245. The zero-order valence-electron chi connectivity index (χ0n) is 11.5. The molecule has 0 fully saturated rings. The Labute approximate surface area is 111 Å². The molecule has 1 atom stereocenters. The number of nitrogens with zero attached hydrogens (tertiary/aromatic N) is 1. The first-order valence-corrected chi connectivity index (χ1v) is 6.89. The van der Waals surface area contributed by atoms with Crippen LogP contribution in [0.15, 0.2) is 43.0 Å². The number of unbranched alkanes of at least 4 members (excludes halogenated alkanes) is 1. The minimum Gasteiger partial charge on any atom is -0.326 e. The van der Waals surface area contributed by atoms with Gasteiger partial charge in [0.25, 0.3) is 0 Å². The molecule has 0 aliphatic rings. The third-order valence-electron chi connectivity index (χ3n) is 3.04. The molecule has 0 saturated carbocycles. The fraction of sp³-hybridized carbons (Fsp3) is 0.500. The van der Waals surface area contributed by atoms with Gasteiger partial charge in [0.2, 0.25) is 0 Å². The van der Waals surface area contributed by atoms with E-state index in [2.05, 4.69) is 48.7 Å². The van der Waals surface area contributed by atoms with Crippen molar-refractivity contribution in [3.05, 3.63) is 48.6 Å². The van der Waals surface area contributed by atoms with Crippen LogP contribution in [0.2, 0.25) is 0 Å². The summed E-state index contributed by atoms with van der Waals surface area (Å²) < 4.78 is 0. The van der Waals surface area contributed by atoms with E-state index in [-0.39, 0.29) is 6.04 Å². The summed E-state index contributed by atoms with van der Waals surface area (Å²) in [5.74, 6) is 0. The summed E-state index contributed by atoms with van der Waals surface area (Å²) in [6, 6.07) is 10.8. The van der Waals surface area contributed by atoms with Crippen LogP contribution in [0.4, 0.5) is 0 Å². The van der Waals surface area contributed by atoms with Crippen molar-refractivity contribution in [3.63, 3.8) is 0 Å². The lowest BCUT2D eigenvalue weighted by Gasteiger charge is -2.25.